The molecule has 0 saturated heterocycles. The van der Waals surface area contributed by atoms with Crippen LogP contribution in [0.4, 0.5) is 0 Å². The lowest BCUT2D eigenvalue weighted by atomic mass is 10.0. The van der Waals surface area contributed by atoms with E-state index in [1.807, 2.05) is 19.1 Å². The van der Waals surface area contributed by atoms with Gasteiger partial charge >= 0.3 is 0 Å². The summed E-state index contributed by atoms with van der Waals surface area (Å²) < 4.78 is 5.40. The lowest BCUT2D eigenvalue weighted by Crippen LogP contribution is -1.90. The Labute approximate surface area is 107 Å². The predicted molar refractivity (Wildman–Crippen MR) is 72.8 cm³/mol. The monoisotopic (exact) mass is 245 g/mol. The average molecular weight is 245 g/mol. The van der Waals surface area contributed by atoms with Gasteiger partial charge in [0.15, 0.2) is 0 Å². The minimum atomic E-state index is 0.0537. The number of aliphatic hydroxyl groups is 1. The van der Waals surface area contributed by atoms with Crippen LogP contribution in [0.2, 0.25) is 0 Å². The van der Waals surface area contributed by atoms with Crippen molar-refractivity contribution in [1.82, 2.24) is 4.98 Å². The predicted octanol–water partition coefficient (Wildman–Crippen LogP) is 3.05. The van der Waals surface area contributed by atoms with E-state index in [4.69, 9.17) is 4.74 Å². The molecular weight excluding hydrogens is 226 g/mol. The molecule has 1 aromatic heterocycles. The normalized spacial score (nSPS) is 10.7. The van der Waals surface area contributed by atoms with Crippen molar-refractivity contribution in [2.24, 2.45) is 0 Å². The van der Waals surface area contributed by atoms with Crippen molar-refractivity contribution < 1.29 is 9.84 Å². The molecule has 2 rings (SSSR count). The Hall–Kier alpha value is -1.74. The molecule has 1 heterocycles. The van der Waals surface area contributed by atoms with Gasteiger partial charge in [-0.1, -0.05) is 13.0 Å². The van der Waals surface area contributed by atoms with Crippen LogP contribution in [0.3, 0.4) is 0 Å². The molecule has 18 heavy (non-hydrogen) atoms. The van der Waals surface area contributed by atoms with E-state index >= 15 is 0 Å². The first-order chi connectivity index (χ1) is 8.69. The third kappa shape index (κ3) is 2.27. The SMILES string of the molecule is CCc1ccc(OC)c(-c2cc(CO)c(C)[nH]2)c1. The van der Waals surface area contributed by atoms with E-state index in [0.717, 1.165) is 34.7 Å². The van der Waals surface area contributed by atoms with Gasteiger partial charge in [-0.15, -0.1) is 0 Å². The topological polar surface area (TPSA) is 45.2 Å². The number of rotatable bonds is 4. The van der Waals surface area contributed by atoms with Crippen LogP contribution >= 0.6 is 0 Å². The fourth-order valence-corrected chi connectivity index (χ4v) is 2.10. The molecule has 0 aliphatic carbocycles. The number of aliphatic hydroxyl groups excluding tert-OH is 1. The zero-order chi connectivity index (χ0) is 13.1. The minimum absolute atomic E-state index is 0.0537. The summed E-state index contributed by atoms with van der Waals surface area (Å²) in [5.74, 6) is 0.845. The van der Waals surface area contributed by atoms with E-state index in [2.05, 4.69) is 24.0 Å². The Morgan fingerprint density at radius 3 is 2.61 bits per heavy atom. The summed E-state index contributed by atoms with van der Waals surface area (Å²) >= 11 is 0. The van der Waals surface area contributed by atoms with Crippen LogP contribution in [-0.4, -0.2) is 17.2 Å². The standard InChI is InChI=1S/C15H19NO2/c1-4-11-5-6-15(18-3)13(7-11)14-8-12(9-17)10(2)16-14/h5-8,16-17H,4,9H2,1-3H3. The number of benzene rings is 1. The summed E-state index contributed by atoms with van der Waals surface area (Å²) in [5.41, 5.74) is 5.22. The second-order valence-electron chi connectivity index (χ2n) is 4.38. The Kier molecular flexibility index (Phi) is 3.72. The van der Waals surface area contributed by atoms with Crippen LogP contribution in [0.15, 0.2) is 24.3 Å². The van der Waals surface area contributed by atoms with Crippen molar-refractivity contribution in [3.05, 3.63) is 41.1 Å². The molecule has 3 heteroatoms. The van der Waals surface area contributed by atoms with Crippen molar-refractivity contribution in [3.63, 3.8) is 0 Å². The van der Waals surface area contributed by atoms with E-state index in [9.17, 15) is 5.11 Å². The van der Waals surface area contributed by atoms with Gasteiger partial charge in [0.05, 0.1) is 13.7 Å². The fourth-order valence-electron chi connectivity index (χ4n) is 2.10. The van der Waals surface area contributed by atoms with Crippen LogP contribution in [0.1, 0.15) is 23.7 Å². The van der Waals surface area contributed by atoms with Gasteiger partial charge in [0.2, 0.25) is 0 Å². The van der Waals surface area contributed by atoms with Crippen molar-refractivity contribution in [2.45, 2.75) is 26.9 Å². The van der Waals surface area contributed by atoms with Crippen LogP contribution in [0.5, 0.6) is 5.75 Å². The Morgan fingerprint density at radius 1 is 1.28 bits per heavy atom. The van der Waals surface area contributed by atoms with Gasteiger partial charge < -0.3 is 14.8 Å². The van der Waals surface area contributed by atoms with Crippen molar-refractivity contribution in [1.29, 1.82) is 0 Å². The molecule has 2 N–H and O–H groups in total. The first-order valence-corrected chi connectivity index (χ1v) is 6.16. The largest absolute Gasteiger partial charge is 0.496 e. The molecule has 0 atom stereocenters. The number of hydrogen-bond acceptors (Lipinski definition) is 2. The number of methoxy groups -OCH3 is 1. The number of nitrogens with one attached hydrogen (secondary N) is 1. The highest BCUT2D eigenvalue weighted by Gasteiger charge is 2.11. The molecule has 0 saturated carbocycles. The molecule has 0 unspecified atom stereocenters. The minimum Gasteiger partial charge on any atom is -0.496 e. The highest BCUT2D eigenvalue weighted by molar-refractivity contribution is 5.69. The fraction of sp³-hybridized carbons (Fsp3) is 0.333. The van der Waals surface area contributed by atoms with E-state index < -0.39 is 0 Å². The number of H-pyrrole nitrogens is 1. The second-order valence-corrected chi connectivity index (χ2v) is 4.38. The summed E-state index contributed by atoms with van der Waals surface area (Å²) in [4.78, 5) is 3.30. The number of aromatic nitrogens is 1. The average Bonchev–Trinajstić information content (AvgIpc) is 2.79. The maximum Gasteiger partial charge on any atom is 0.128 e. The third-order valence-electron chi connectivity index (χ3n) is 3.26. The van der Waals surface area contributed by atoms with E-state index in [1.54, 1.807) is 7.11 Å². The van der Waals surface area contributed by atoms with Gasteiger partial charge in [0.25, 0.3) is 0 Å². The third-order valence-corrected chi connectivity index (χ3v) is 3.26. The Bertz CT molecular complexity index is 543. The highest BCUT2D eigenvalue weighted by Crippen LogP contribution is 2.31. The molecule has 96 valence electrons. The second kappa shape index (κ2) is 5.27. The molecule has 3 nitrogen and oxygen atoms in total. The van der Waals surface area contributed by atoms with Gasteiger partial charge in [-0.3, -0.25) is 0 Å². The smallest absolute Gasteiger partial charge is 0.128 e. The zero-order valence-corrected chi connectivity index (χ0v) is 11.1. The molecule has 0 spiro atoms. The maximum atomic E-state index is 9.25. The van der Waals surface area contributed by atoms with Gasteiger partial charge in [-0.2, -0.15) is 0 Å². The summed E-state index contributed by atoms with van der Waals surface area (Å²) in [6.07, 6.45) is 0.990. The summed E-state index contributed by atoms with van der Waals surface area (Å²) in [6, 6.07) is 8.17. The van der Waals surface area contributed by atoms with Crippen LogP contribution < -0.4 is 4.74 Å². The van der Waals surface area contributed by atoms with E-state index in [0.29, 0.717) is 0 Å². The first-order valence-electron chi connectivity index (χ1n) is 6.16. The van der Waals surface area contributed by atoms with E-state index in [-0.39, 0.29) is 6.61 Å². The number of ether oxygens (including phenoxy) is 1. The molecule has 0 amide bonds. The summed E-state index contributed by atoms with van der Waals surface area (Å²) in [6.45, 7) is 4.15. The van der Waals surface area contributed by atoms with E-state index in [1.165, 1.54) is 5.56 Å². The van der Waals surface area contributed by atoms with Crippen molar-refractivity contribution in [2.75, 3.05) is 7.11 Å². The van der Waals surface area contributed by atoms with Crippen molar-refractivity contribution in [3.8, 4) is 17.0 Å². The number of aromatic amines is 1. The zero-order valence-electron chi connectivity index (χ0n) is 11.1. The van der Waals surface area contributed by atoms with Gasteiger partial charge in [0.1, 0.15) is 5.75 Å². The molecule has 0 fully saturated rings. The lowest BCUT2D eigenvalue weighted by molar-refractivity contribution is 0.281. The number of hydrogen-bond donors (Lipinski definition) is 2. The Balaban J connectivity index is 2.53. The van der Waals surface area contributed by atoms with Crippen LogP contribution in [0.25, 0.3) is 11.3 Å². The molecule has 2 aromatic rings. The quantitative estimate of drug-likeness (QED) is 0.869. The van der Waals surface area contributed by atoms with Gasteiger partial charge in [-0.25, -0.2) is 0 Å². The maximum absolute atomic E-state index is 9.25. The van der Waals surface area contributed by atoms with Gasteiger partial charge in [-0.05, 0) is 42.7 Å². The molecule has 0 bridgehead atoms. The summed E-state index contributed by atoms with van der Waals surface area (Å²) in [7, 11) is 1.67. The van der Waals surface area contributed by atoms with Crippen molar-refractivity contribution >= 4 is 0 Å². The van der Waals surface area contributed by atoms with Gasteiger partial charge in [0, 0.05) is 17.0 Å². The van der Waals surface area contributed by atoms with Crippen LogP contribution in [-0.2, 0) is 13.0 Å². The number of aryl methyl sites for hydroxylation is 2. The van der Waals surface area contributed by atoms with Crippen LogP contribution in [0, 0.1) is 6.92 Å². The molecule has 0 radical (unpaired) electrons. The molecular formula is C15H19NO2. The Morgan fingerprint density at radius 2 is 2.06 bits per heavy atom. The summed E-state index contributed by atoms with van der Waals surface area (Å²) in [5, 5.41) is 9.25. The highest BCUT2D eigenvalue weighted by atomic mass is 16.5. The molecule has 0 aliphatic rings. The first kappa shape index (κ1) is 12.7. The molecule has 1 aromatic carbocycles. The lowest BCUT2D eigenvalue weighted by Gasteiger charge is -2.08. The molecule has 0 aliphatic heterocycles.